The Kier molecular flexibility index (Phi) is 4.62. The molecule has 0 aromatic heterocycles. The SMILES string of the molecule is CN(C(=O)C1(C)CCCC1)C1CCNC1.Cl. The number of hydrogen-bond acceptors (Lipinski definition) is 2. The Morgan fingerprint density at radius 3 is 2.50 bits per heavy atom. The molecule has 1 N–H and O–H groups in total. The van der Waals surface area contributed by atoms with Gasteiger partial charge in [0.1, 0.15) is 0 Å². The first-order valence-corrected chi connectivity index (χ1v) is 6.11. The Hall–Kier alpha value is -0.280. The second-order valence-corrected chi connectivity index (χ2v) is 5.33. The molecule has 0 spiro atoms. The van der Waals surface area contributed by atoms with Crippen LogP contribution in [0.2, 0.25) is 0 Å². The van der Waals surface area contributed by atoms with Crippen molar-refractivity contribution in [2.75, 3.05) is 20.1 Å². The molecule has 1 amide bonds. The van der Waals surface area contributed by atoms with Gasteiger partial charge in [0.2, 0.25) is 5.91 Å². The predicted molar refractivity (Wildman–Crippen MR) is 67.9 cm³/mol. The standard InChI is InChI=1S/C12H22N2O.ClH/c1-12(6-3-4-7-12)11(15)14(2)10-5-8-13-9-10;/h10,13H,3-9H2,1-2H3;1H. The van der Waals surface area contributed by atoms with Gasteiger partial charge in [-0.3, -0.25) is 4.79 Å². The predicted octanol–water partition coefficient (Wildman–Crippen LogP) is 1.81. The van der Waals surface area contributed by atoms with E-state index in [1.54, 1.807) is 0 Å². The average molecular weight is 247 g/mol. The Balaban J connectivity index is 0.00000128. The Morgan fingerprint density at radius 1 is 1.38 bits per heavy atom. The number of nitrogens with zero attached hydrogens (tertiary/aromatic N) is 1. The summed E-state index contributed by atoms with van der Waals surface area (Å²) in [5.41, 5.74) is -0.0582. The number of rotatable bonds is 2. The molecule has 1 saturated carbocycles. The molecule has 1 heterocycles. The second-order valence-electron chi connectivity index (χ2n) is 5.33. The first kappa shape index (κ1) is 13.8. The third-order valence-electron chi connectivity index (χ3n) is 4.13. The lowest BCUT2D eigenvalue weighted by Gasteiger charge is -2.32. The van der Waals surface area contributed by atoms with Crippen LogP contribution in [0.25, 0.3) is 0 Å². The third-order valence-corrected chi connectivity index (χ3v) is 4.13. The largest absolute Gasteiger partial charge is 0.341 e. The zero-order chi connectivity index (χ0) is 10.9. The number of hydrogen-bond donors (Lipinski definition) is 1. The Bertz CT molecular complexity index is 245. The van der Waals surface area contributed by atoms with E-state index in [4.69, 9.17) is 0 Å². The monoisotopic (exact) mass is 246 g/mol. The smallest absolute Gasteiger partial charge is 0.228 e. The van der Waals surface area contributed by atoms with Crippen molar-refractivity contribution in [1.82, 2.24) is 10.2 Å². The molecule has 16 heavy (non-hydrogen) atoms. The lowest BCUT2D eigenvalue weighted by atomic mass is 9.87. The molecule has 94 valence electrons. The maximum Gasteiger partial charge on any atom is 0.228 e. The molecule has 4 heteroatoms. The molecular weight excluding hydrogens is 224 g/mol. The van der Waals surface area contributed by atoms with E-state index in [0.29, 0.717) is 11.9 Å². The van der Waals surface area contributed by atoms with Crippen molar-refractivity contribution in [3.8, 4) is 0 Å². The molecule has 2 fully saturated rings. The number of carbonyl (C=O) groups excluding carboxylic acids is 1. The Morgan fingerprint density at radius 2 is 2.00 bits per heavy atom. The van der Waals surface area contributed by atoms with Gasteiger partial charge >= 0.3 is 0 Å². The lowest BCUT2D eigenvalue weighted by Crippen LogP contribution is -2.45. The molecule has 1 atom stereocenters. The summed E-state index contributed by atoms with van der Waals surface area (Å²) in [6.45, 7) is 4.17. The van der Waals surface area contributed by atoms with Crippen molar-refractivity contribution in [2.24, 2.45) is 5.41 Å². The summed E-state index contributed by atoms with van der Waals surface area (Å²) in [5, 5.41) is 3.32. The maximum absolute atomic E-state index is 12.4. The number of amides is 1. The summed E-state index contributed by atoms with van der Waals surface area (Å²) in [4.78, 5) is 14.3. The van der Waals surface area contributed by atoms with Gasteiger partial charge in [0, 0.05) is 25.0 Å². The third kappa shape index (κ3) is 2.51. The summed E-state index contributed by atoms with van der Waals surface area (Å²) in [5.74, 6) is 0.369. The highest BCUT2D eigenvalue weighted by molar-refractivity contribution is 5.85. The normalized spacial score (nSPS) is 27.5. The fraction of sp³-hybridized carbons (Fsp3) is 0.917. The van der Waals surface area contributed by atoms with Crippen LogP contribution in [0, 0.1) is 5.41 Å². The minimum atomic E-state index is -0.0582. The molecular formula is C12H23ClN2O. The Labute approximate surface area is 104 Å². The molecule has 0 aromatic carbocycles. The van der Waals surface area contributed by atoms with E-state index in [1.165, 1.54) is 12.8 Å². The highest BCUT2D eigenvalue weighted by Gasteiger charge is 2.40. The molecule has 1 saturated heterocycles. The first-order valence-electron chi connectivity index (χ1n) is 6.11. The van der Waals surface area contributed by atoms with Crippen LogP contribution in [0.5, 0.6) is 0 Å². The summed E-state index contributed by atoms with van der Waals surface area (Å²) in [6.07, 6.45) is 5.71. The number of likely N-dealkylation sites (N-methyl/N-ethyl adjacent to an activating group) is 1. The highest BCUT2D eigenvalue weighted by atomic mass is 35.5. The summed E-state index contributed by atoms with van der Waals surface area (Å²) >= 11 is 0. The molecule has 2 rings (SSSR count). The topological polar surface area (TPSA) is 32.3 Å². The van der Waals surface area contributed by atoms with Gasteiger partial charge in [0.05, 0.1) is 0 Å². The van der Waals surface area contributed by atoms with Gasteiger partial charge in [-0.25, -0.2) is 0 Å². The first-order chi connectivity index (χ1) is 7.13. The van der Waals surface area contributed by atoms with Crippen LogP contribution in [0.15, 0.2) is 0 Å². The van der Waals surface area contributed by atoms with Crippen LogP contribution in [-0.2, 0) is 4.79 Å². The maximum atomic E-state index is 12.4. The zero-order valence-electron chi connectivity index (χ0n) is 10.3. The van der Waals surface area contributed by atoms with E-state index in [9.17, 15) is 4.79 Å². The zero-order valence-corrected chi connectivity index (χ0v) is 11.1. The minimum absolute atomic E-state index is 0. The summed E-state index contributed by atoms with van der Waals surface area (Å²) < 4.78 is 0. The van der Waals surface area contributed by atoms with E-state index >= 15 is 0 Å². The van der Waals surface area contributed by atoms with Gasteiger partial charge in [-0.05, 0) is 25.8 Å². The summed E-state index contributed by atoms with van der Waals surface area (Å²) in [6, 6.07) is 0.426. The van der Waals surface area contributed by atoms with Crippen molar-refractivity contribution >= 4 is 18.3 Å². The van der Waals surface area contributed by atoms with Crippen molar-refractivity contribution in [3.05, 3.63) is 0 Å². The van der Waals surface area contributed by atoms with Crippen LogP contribution in [-0.4, -0.2) is 37.0 Å². The number of carbonyl (C=O) groups is 1. The molecule has 0 radical (unpaired) electrons. The molecule has 1 aliphatic carbocycles. The lowest BCUT2D eigenvalue weighted by molar-refractivity contribution is -0.141. The van der Waals surface area contributed by atoms with Crippen molar-refractivity contribution in [2.45, 2.75) is 45.1 Å². The van der Waals surface area contributed by atoms with Crippen LogP contribution in [0.3, 0.4) is 0 Å². The second kappa shape index (κ2) is 5.37. The quantitative estimate of drug-likeness (QED) is 0.806. The minimum Gasteiger partial charge on any atom is -0.341 e. The van der Waals surface area contributed by atoms with Crippen molar-refractivity contribution < 1.29 is 4.79 Å². The van der Waals surface area contributed by atoms with E-state index in [2.05, 4.69) is 12.2 Å². The fourth-order valence-electron chi connectivity index (χ4n) is 2.93. The molecule has 2 aliphatic rings. The molecule has 1 aliphatic heterocycles. The van der Waals surface area contributed by atoms with Gasteiger partial charge in [-0.1, -0.05) is 19.8 Å². The van der Waals surface area contributed by atoms with Crippen molar-refractivity contribution in [3.63, 3.8) is 0 Å². The number of nitrogens with one attached hydrogen (secondary N) is 1. The van der Waals surface area contributed by atoms with Crippen LogP contribution < -0.4 is 5.32 Å². The van der Waals surface area contributed by atoms with Gasteiger partial charge < -0.3 is 10.2 Å². The van der Waals surface area contributed by atoms with Crippen LogP contribution in [0.4, 0.5) is 0 Å². The molecule has 3 nitrogen and oxygen atoms in total. The van der Waals surface area contributed by atoms with Gasteiger partial charge in [-0.15, -0.1) is 12.4 Å². The van der Waals surface area contributed by atoms with E-state index in [1.807, 2.05) is 11.9 Å². The van der Waals surface area contributed by atoms with Gasteiger partial charge in [0.25, 0.3) is 0 Å². The van der Waals surface area contributed by atoms with Gasteiger partial charge in [0.15, 0.2) is 0 Å². The van der Waals surface area contributed by atoms with E-state index in [-0.39, 0.29) is 17.8 Å². The van der Waals surface area contributed by atoms with E-state index in [0.717, 1.165) is 32.4 Å². The molecule has 0 bridgehead atoms. The average Bonchev–Trinajstić information content (AvgIpc) is 2.86. The van der Waals surface area contributed by atoms with Crippen molar-refractivity contribution in [1.29, 1.82) is 0 Å². The number of halogens is 1. The molecule has 1 unspecified atom stereocenters. The summed E-state index contributed by atoms with van der Waals surface area (Å²) in [7, 11) is 1.98. The fourth-order valence-corrected chi connectivity index (χ4v) is 2.93. The van der Waals surface area contributed by atoms with Gasteiger partial charge in [-0.2, -0.15) is 0 Å². The highest BCUT2D eigenvalue weighted by Crippen LogP contribution is 2.39. The van der Waals surface area contributed by atoms with Crippen LogP contribution in [0.1, 0.15) is 39.0 Å². The van der Waals surface area contributed by atoms with E-state index < -0.39 is 0 Å². The molecule has 0 aromatic rings. The van der Waals surface area contributed by atoms with Crippen LogP contribution >= 0.6 is 12.4 Å².